The van der Waals surface area contributed by atoms with Gasteiger partial charge in [-0.2, -0.15) is 0 Å². The van der Waals surface area contributed by atoms with Gasteiger partial charge in [0.2, 0.25) is 0 Å². The summed E-state index contributed by atoms with van der Waals surface area (Å²) in [6.45, 7) is 2.48. The average Bonchev–Trinajstić information content (AvgIpc) is 2.62. The highest BCUT2D eigenvalue weighted by Crippen LogP contribution is 2.28. The molecule has 2 nitrogen and oxygen atoms in total. The Morgan fingerprint density at radius 2 is 2.29 bits per heavy atom. The van der Waals surface area contributed by atoms with E-state index in [2.05, 4.69) is 26.2 Å². The maximum Gasteiger partial charge on any atom is 0.183 e. The minimum absolute atomic E-state index is 0.249. The van der Waals surface area contributed by atoms with E-state index < -0.39 is 0 Å². The first-order valence-electron chi connectivity index (χ1n) is 4.86. The lowest BCUT2D eigenvalue weighted by Gasteiger charge is -2.10. The first-order chi connectivity index (χ1) is 8.06. The summed E-state index contributed by atoms with van der Waals surface area (Å²) < 4.78 is 14.3. The number of hydrogen-bond donors (Lipinski definition) is 1. The topological polar surface area (TPSA) is 24.9 Å². The van der Waals surface area contributed by atoms with Crippen LogP contribution in [0.2, 0.25) is 4.47 Å². The highest BCUT2D eigenvalue weighted by Gasteiger charge is 2.07. The molecule has 0 aliphatic heterocycles. The molecule has 0 spiro atoms. The van der Waals surface area contributed by atoms with Crippen molar-refractivity contribution < 1.29 is 4.39 Å². The molecule has 1 heterocycles. The summed E-state index contributed by atoms with van der Waals surface area (Å²) in [6.07, 6.45) is 1.73. The van der Waals surface area contributed by atoms with Gasteiger partial charge < -0.3 is 5.32 Å². The molecule has 90 valence electrons. The van der Waals surface area contributed by atoms with Gasteiger partial charge in [-0.15, -0.1) is 11.3 Å². The van der Waals surface area contributed by atoms with E-state index in [1.165, 1.54) is 23.5 Å². The van der Waals surface area contributed by atoms with Crippen LogP contribution in [0, 0.1) is 12.7 Å². The first kappa shape index (κ1) is 12.8. The van der Waals surface area contributed by atoms with E-state index >= 15 is 0 Å². The van der Waals surface area contributed by atoms with E-state index in [4.69, 9.17) is 11.6 Å². The number of nitrogens with zero attached hydrogens (tertiary/aromatic N) is 1. The molecule has 0 aliphatic rings. The summed E-state index contributed by atoms with van der Waals surface area (Å²) in [5.41, 5.74) is 1.74. The van der Waals surface area contributed by atoms with Gasteiger partial charge in [0.1, 0.15) is 5.82 Å². The standard InChI is InChI=1S/C11H9BrClFN2S/c1-6-2-7(14)3-9(12)10(6)15-4-8-5-16-11(13)17-8/h2-3,5,15H,4H2,1H3. The molecule has 0 aliphatic carbocycles. The van der Waals surface area contributed by atoms with Crippen molar-refractivity contribution in [1.82, 2.24) is 4.98 Å². The van der Waals surface area contributed by atoms with Crippen molar-refractivity contribution in [3.8, 4) is 0 Å². The third-order valence-corrected chi connectivity index (χ3v) is 3.96. The number of benzene rings is 1. The van der Waals surface area contributed by atoms with E-state index in [-0.39, 0.29) is 5.82 Å². The third kappa shape index (κ3) is 3.18. The van der Waals surface area contributed by atoms with Crippen molar-refractivity contribution in [2.75, 3.05) is 5.32 Å². The molecule has 2 rings (SSSR count). The lowest BCUT2D eigenvalue weighted by atomic mass is 10.2. The van der Waals surface area contributed by atoms with Crippen LogP contribution in [0.3, 0.4) is 0 Å². The first-order valence-corrected chi connectivity index (χ1v) is 6.84. The Morgan fingerprint density at radius 1 is 1.53 bits per heavy atom. The van der Waals surface area contributed by atoms with E-state index in [0.717, 1.165) is 16.1 Å². The third-order valence-electron chi connectivity index (χ3n) is 2.22. The SMILES string of the molecule is Cc1cc(F)cc(Br)c1NCc1cnc(Cl)s1. The largest absolute Gasteiger partial charge is 0.379 e. The summed E-state index contributed by atoms with van der Waals surface area (Å²) in [7, 11) is 0. The fourth-order valence-corrected chi connectivity index (χ4v) is 3.06. The molecular weight excluding hydrogens is 327 g/mol. The molecule has 6 heteroatoms. The predicted octanol–water partition coefficient (Wildman–Crippen LogP) is 4.62. The Bertz CT molecular complexity index is 521. The predicted molar refractivity (Wildman–Crippen MR) is 73.3 cm³/mol. The summed E-state index contributed by atoms with van der Waals surface area (Å²) in [5.74, 6) is -0.249. The molecular formula is C11H9BrClFN2S. The summed E-state index contributed by atoms with van der Waals surface area (Å²) in [6, 6.07) is 2.93. The van der Waals surface area contributed by atoms with Gasteiger partial charge in [-0.05, 0) is 40.5 Å². The lowest BCUT2D eigenvalue weighted by Crippen LogP contribution is -2.01. The number of thiazole rings is 1. The van der Waals surface area contributed by atoms with Gasteiger partial charge in [0.25, 0.3) is 0 Å². The van der Waals surface area contributed by atoms with E-state index in [1.54, 1.807) is 6.20 Å². The molecule has 17 heavy (non-hydrogen) atoms. The van der Waals surface area contributed by atoms with Crippen LogP contribution in [0.5, 0.6) is 0 Å². The summed E-state index contributed by atoms with van der Waals surface area (Å²) >= 11 is 10.5. The molecule has 1 aromatic carbocycles. The zero-order chi connectivity index (χ0) is 12.4. The zero-order valence-electron chi connectivity index (χ0n) is 8.93. The maximum atomic E-state index is 13.1. The molecule has 0 bridgehead atoms. The number of halogens is 3. The van der Waals surface area contributed by atoms with Crippen LogP contribution < -0.4 is 5.32 Å². The lowest BCUT2D eigenvalue weighted by molar-refractivity contribution is 0.626. The molecule has 0 radical (unpaired) electrons. The second-order valence-corrected chi connectivity index (χ2v) is 6.06. The average molecular weight is 336 g/mol. The van der Waals surface area contributed by atoms with Crippen LogP contribution in [0.25, 0.3) is 0 Å². The van der Waals surface area contributed by atoms with Gasteiger partial charge in [-0.1, -0.05) is 11.6 Å². The minimum Gasteiger partial charge on any atom is -0.379 e. The Morgan fingerprint density at radius 3 is 2.88 bits per heavy atom. The molecule has 0 unspecified atom stereocenters. The maximum absolute atomic E-state index is 13.1. The van der Waals surface area contributed by atoms with Gasteiger partial charge >= 0.3 is 0 Å². The van der Waals surface area contributed by atoms with Crippen LogP contribution in [0.4, 0.5) is 10.1 Å². The van der Waals surface area contributed by atoms with Crippen LogP contribution >= 0.6 is 38.9 Å². The highest BCUT2D eigenvalue weighted by atomic mass is 79.9. The van der Waals surface area contributed by atoms with Crippen LogP contribution in [-0.4, -0.2) is 4.98 Å². The van der Waals surface area contributed by atoms with E-state index in [9.17, 15) is 4.39 Å². The normalized spacial score (nSPS) is 10.6. The fraction of sp³-hybridized carbons (Fsp3) is 0.182. The molecule has 0 amide bonds. The number of nitrogens with one attached hydrogen (secondary N) is 1. The van der Waals surface area contributed by atoms with Gasteiger partial charge in [-0.3, -0.25) is 0 Å². The molecule has 0 atom stereocenters. The van der Waals surface area contributed by atoms with Crippen molar-refractivity contribution >= 4 is 44.6 Å². The van der Waals surface area contributed by atoms with Crippen molar-refractivity contribution in [3.05, 3.63) is 43.5 Å². The smallest absolute Gasteiger partial charge is 0.183 e. The Hall–Kier alpha value is -0.650. The second kappa shape index (κ2) is 5.33. The molecule has 2 aromatic rings. The second-order valence-electron chi connectivity index (χ2n) is 3.51. The van der Waals surface area contributed by atoms with Gasteiger partial charge in [0.05, 0.1) is 12.2 Å². The fourth-order valence-electron chi connectivity index (χ4n) is 1.47. The van der Waals surface area contributed by atoms with Gasteiger partial charge in [-0.25, -0.2) is 9.37 Å². The number of anilines is 1. The number of aryl methyl sites for hydroxylation is 1. The highest BCUT2D eigenvalue weighted by molar-refractivity contribution is 9.10. The summed E-state index contributed by atoms with van der Waals surface area (Å²) in [5, 5.41) is 3.24. The molecule has 1 aromatic heterocycles. The quantitative estimate of drug-likeness (QED) is 0.885. The van der Waals surface area contributed by atoms with Gasteiger partial charge in [0.15, 0.2) is 4.47 Å². The molecule has 0 fully saturated rings. The minimum atomic E-state index is -0.249. The van der Waals surface area contributed by atoms with Crippen molar-refractivity contribution in [2.45, 2.75) is 13.5 Å². The van der Waals surface area contributed by atoms with E-state index in [0.29, 0.717) is 15.5 Å². The zero-order valence-corrected chi connectivity index (χ0v) is 12.1. The Labute approximate surface area is 116 Å². The Kier molecular flexibility index (Phi) is 4.01. The van der Waals surface area contributed by atoms with Gasteiger partial charge in [0, 0.05) is 15.5 Å². The molecule has 0 saturated heterocycles. The Balaban J connectivity index is 2.14. The van der Waals surface area contributed by atoms with Crippen molar-refractivity contribution in [3.63, 3.8) is 0 Å². The van der Waals surface area contributed by atoms with Crippen molar-refractivity contribution in [2.24, 2.45) is 0 Å². The molecule has 1 N–H and O–H groups in total. The van der Waals surface area contributed by atoms with Crippen LogP contribution in [0.15, 0.2) is 22.8 Å². The van der Waals surface area contributed by atoms with Crippen molar-refractivity contribution in [1.29, 1.82) is 0 Å². The van der Waals surface area contributed by atoms with Crippen LogP contribution in [-0.2, 0) is 6.54 Å². The number of hydrogen-bond acceptors (Lipinski definition) is 3. The number of rotatable bonds is 3. The number of aromatic nitrogens is 1. The molecule has 0 saturated carbocycles. The van der Waals surface area contributed by atoms with Crippen LogP contribution in [0.1, 0.15) is 10.4 Å². The van der Waals surface area contributed by atoms with E-state index in [1.807, 2.05) is 6.92 Å². The summed E-state index contributed by atoms with van der Waals surface area (Å²) in [4.78, 5) is 4.99. The monoisotopic (exact) mass is 334 g/mol.